The van der Waals surface area contributed by atoms with Crippen LogP contribution in [0.4, 0.5) is 10.5 Å². The van der Waals surface area contributed by atoms with E-state index in [4.69, 9.17) is 0 Å². The summed E-state index contributed by atoms with van der Waals surface area (Å²) in [6.45, 7) is 3.95. The zero-order chi connectivity index (χ0) is 14.8. The molecule has 2 aromatic rings. The van der Waals surface area contributed by atoms with Crippen LogP contribution >= 0.6 is 11.3 Å². The molecule has 0 saturated heterocycles. The van der Waals surface area contributed by atoms with Crippen molar-refractivity contribution in [1.82, 2.24) is 10.3 Å². The van der Waals surface area contributed by atoms with Gasteiger partial charge in [0.25, 0.3) is 0 Å². The average Bonchev–Trinajstić information content (AvgIpc) is 2.82. The van der Waals surface area contributed by atoms with E-state index in [1.807, 2.05) is 6.92 Å². The first kappa shape index (κ1) is 14.7. The zero-order valence-electron chi connectivity index (χ0n) is 11.1. The number of carbonyl (C=O) groups excluding carboxylic acids is 1. The third-order valence-electron chi connectivity index (χ3n) is 2.61. The Hall–Kier alpha value is -1.67. The number of benzene rings is 1. The first-order chi connectivity index (χ1) is 9.46. The van der Waals surface area contributed by atoms with Crippen molar-refractivity contribution in [2.24, 2.45) is 0 Å². The van der Waals surface area contributed by atoms with Crippen molar-refractivity contribution in [3.63, 3.8) is 0 Å². The van der Waals surface area contributed by atoms with Crippen LogP contribution in [0.3, 0.4) is 0 Å². The highest BCUT2D eigenvalue weighted by Crippen LogP contribution is 2.28. The lowest BCUT2D eigenvalue weighted by molar-refractivity contribution is 0.252. The van der Waals surface area contributed by atoms with Crippen LogP contribution < -0.4 is 10.6 Å². The van der Waals surface area contributed by atoms with Crippen molar-refractivity contribution in [3.8, 4) is 0 Å². The summed E-state index contributed by atoms with van der Waals surface area (Å²) in [6.07, 6.45) is 0. The van der Waals surface area contributed by atoms with E-state index in [1.54, 1.807) is 25.1 Å². The highest BCUT2D eigenvalue weighted by molar-refractivity contribution is 7.93. The molecule has 1 aromatic heterocycles. The Morgan fingerprint density at radius 3 is 2.75 bits per heavy atom. The van der Waals surface area contributed by atoms with Gasteiger partial charge in [0.1, 0.15) is 0 Å². The molecule has 1 aromatic carbocycles. The second-order valence-electron chi connectivity index (χ2n) is 4.05. The third kappa shape index (κ3) is 3.07. The Bertz CT molecular complexity index is 737. The number of nitrogens with one attached hydrogen (secondary N) is 2. The summed E-state index contributed by atoms with van der Waals surface area (Å²) in [7, 11) is -3.30. The number of fused-ring (bicyclic) bond motifs is 1. The number of sulfone groups is 1. The molecule has 2 N–H and O–H groups in total. The molecule has 6 nitrogen and oxygen atoms in total. The molecule has 20 heavy (non-hydrogen) atoms. The number of anilines is 1. The van der Waals surface area contributed by atoms with Gasteiger partial charge in [-0.15, -0.1) is 11.3 Å². The number of thiazole rings is 1. The molecule has 0 radical (unpaired) electrons. The van der Waals surface area contributed by atoms with E-state index >= 15 is 0 Å². The van der Waals surface area contributed by atoms with Crippen LogP contribution in [0.15, 0.2) is 22.5 Å². The summed E-state index contributed by atoms with van der Waals surface area (Å²) in [6, 6.07) is 4.82. The number of hydrogen-bond acceptors (Lipinski definition) is 5. The highest BCUT2D eigenvalue weighted by atomic mass is 32.2. The van der Waals surface area contributed by atoms with E-state index < -0.39 is 9.84 Å². The van der Waals surface area contributed by atoms with Crippen molar-refractivity contribution >= 4 is 43.1 Å². The van der Waals surface area contributed by atoms with Gasteiger partial charge in [0.15, 0.2) is 0 Å². The number of nitrogens with zero attached hydrogens (tertiary/aromatic N) is 1. The molecule has 1 heterocycles. The van der Waals surface area contributed by atoms with Crippen LogP contribution in [0.5, 0.6) is 0 Å². The Kier molecular flexibility index (Phi) is 4.24. The quantitative estimate of drug-likeness (QED) is 0.906. The number of rotatable bonds is 4. The number of hydrogen-bond donors (Lipinski definition) is 2. The zero-order valence-corrected chi connectivity index (χ0v) is 12.8. The van der Waals surface area contributed by atoms with E-state index in [2.05, 4.69) is 15.6 Å². The fourth-order valence-electron chi connectivity index (χ4n) is 1.57. The van der Waals surface area contributed by atoms with Crippen LogP contribution in [0, 0.1) is 0 Å². The van der Waals surface area contributed by atoms with Gasteiger partial charge < -0.3 is 10.6 Å². The van der Waals surface area contributed by atoms with Crippen LogP contribution in [0.2, 0.25) is 0 Å². The van der Waals surface area contributed by atoms with E-state index in [-0.39, 0.29) is 16.1 Å². The van der Waals surface area contributed by atoms with E-state index in [0.29, 0.717) is 17.7 Å². The van der Waals surface area contributed by atoms with E-state index in [0.717, 1.165) is 16.0 Å². The van der Waals surface area contributed by atoms with Gasteiger partial charge in [-0.05, 0) is 25.1 Å². The van der Waals surface area contributed by atoms with Crippen molar-refractivity contribution in [3.05, 3.63) is 18.2 Å². The summed E-state index contributed by atoms with van der Waals surface area (Å²) in [5, 5.41) is 5.30. The maximum absolute atomic E-state index is 11.8. The maximum atomic E-state index is 11.8. The summed E-state index contributed by atoms with van der Waals surface area (Å²) in [4.78, 5) is 15.5. The molecular weight excluding hydrogens is 298 g/mol. The van der Waals surface area contributed by atoms with E-state index in [1.165, 1.54) is 0 Å². The lowest BCUT2D eigenvalue weighted by Crippen LogP contribution is -2.28. The van der Waals surface area contributed by atoms with Crippen molar-refractivity contribution in [2.45, 2.75) is 18.2 Å². The summed E-state index contributed by atoms with van der Waals surface area (Å²) < 4.78 is 24.4. The van der Waals surface area contributed by atoms with Crippen LogP contribution in [-0.4, -0.2) is 31.7 Å². The monoisotopic (exact) mass is 313 g/mol. The standard InChI is InChI=1S/C12H15N3O3S2/c1-3-13-11(16)14-8-5-6-9-10(7-8)19-12(15-9)20(17,18)4-2/h5-7H,3-4H2,1-2H3,(H2,13,14,16). The Morgan fingerprint density at radius 1 is 1.35 bits per heavy atom. The van der Waals surface area contributed by atoms with Gasteiger partial charge in [-0.2, -0.15) is 0 Å². The lowest BCUT2D eigenvalue weighted by atomic mass is 10.3. The van der Waals surface area contributed by atoms with Gasteiger partial charge in [-0.3, -0.25) is 0 Å². The molecular formula is C12H15N3O3S2. The predicted molar refractivity (Wildman–Crippen MR) is 80.0 cm³/mol. The number of carbonyl (C=O) groups is 1. The van der Waals surface area contributed by atoms with Gasteiger partial charge in [-0.25, -0.2) is 18.2 Å². The second kappa shape index (κ2) is 5.76. The molecule has 2 rings (SSSR count). The number of amides is 2. The third-order valence-corrected chi connectivity index (χ3v) is 5.82. The SMILES string of the molecule is CCNC(=O)Nc1ccc2nc(S(=O)(=O)CC)sc2c1. The molecule has 0 spiro atoms. The molecule has 0 bridgehead atoms. The van der Waals surface area contributed by atoms with Crippen LogP contribution in [-0.2, 0) is 9.84 Å². The van der Waals surface area contributed by atoms with Crippen molar-refractivity contribution in [2.75, 3.05) is 17.6 Å². The first-order valence-electron chi connectivity index (χ1n) is 6.14. The fourth-order valence-corrected chi connectivity index (χ4v) is 3.92. The topological polar surface area (TPSA) is 88.2 Å². The Morgan fingerprint density at radius 2 is 2.10 bits per heavy atom. The average molecular weight is 313 g/mol. The fraction of sp³-hybridized carbons (Fsp3) is 0.333. The number of aromatic nitrogens is 1. The van der Waals surface area contributed by atoms with Gasteiger partial charge in [0, 0.05) is 12.2 Å². The van der Waals surface area contributed by atoms with Gasteiger partial charge in [0.2, 0.25) is 14.2 Å². The molecule has 0 aliphatic rings. The Balaban J connectivity index is 2.33. The molecule has 0 saturated carbocycles. The summed E-state index contributed by atoms with van der Waals surface area (Å²) >= 11 is 1.11. The minimum atomic E-state index is -3.30. The molecule has 8 heteroatoms. The minimum absolute atomic E-state index is 0.0246. The largest absolute Gasteiger partial charge is 0.338 e. The summed E-state index contributed by atoms with van der Waals surface area (Å²) in [5.41, 5.74) is 1.22. The first-order valence-corrected chi connectivity index (χ1v) is 8.61. The minimum Gasteiger partial charge on any atom is -0.338 e. The van der Waals surface area contributed by atoms with E-state index in [9.17, 15) is 13.2 Å². The van der Waals surface area contributed by atoms with Crippen LogP contribution in [0.25, 0.3) is 10.2 Å². The summed E-state index contributed by atoms with van der Waals surface area (Å²) in [5.74, 6) is 0.0246. The molecule has 0 fully saturated rings. The molecule has 0 unspecified atom stereocenters. The van der Waals surface area contributed by atoms with Gasteiger partial charge in [0.05, 0.1) is 16.0 Å². The normalized spacial score (nSPS) is 11.5. The lowest BCUT2D eigenvalue weighted by Gasteiger charge is -2.04. The van der Waals surface area contributed by atoms with Gasteiger partial charge >= 0.3 is 6.03 Å². The van der Waals surface area contributed by atoms with Crippen LogP contribution in [0.1, 0.15) is 13.8 Å². The molecule has 0 aliphatic heterocycles. The molecule has 2 amide bonds. The number of urea groups is 1. The smallest absolute Gasteiger partial charge is 0.319 e. The maximum Gasteiger partial charge on any atom is 0.319 e. The van der Waals surface area contributed by atoms with Crippen molar-refractivity contribution < 1.29 is 13.2 Å². The second-order valence-corrected chi connectivity index (χ2v) is 7.53. The molecule has 0 atom stereocenters. The highest BCUT2D eigenvalue weighted by Gasteiger charge is 2.17. The molecule has 0 aliphatic carbocycles. The molecule has 108 valence electrons. The van der Waals surface area contributed by atoms with Crippen molar-refractivity contribution in [1.29, 1.82) is 0 Å². The Labute approximate surface area is 121 Å². The van der Waals surface area contributed by atoms with Gasteiger partial charge in [-0.1, -0.05) is 6.92 Å². The predicted octanol–water partition coefficient (Wildman–Crippen LogP) is 2.23.